The summed E-state index contributed by atoms with van der Waals surface area (Å²) >= 11 is 0. The van der Waals surface area contributed by atoms with Crippen molar-refractivity contribution in [1.29, 1.82) is 0 Å². The lowest BCUT2D eigenvalue weighted by atomic mass is 10.1. The van der Waals surface area contributed by atoms with E-state index in [4.69, 9.17) is 0 Å². The number of halogens is 6. The van der Waals surface area contributed by atoms with Gasteiger partial charge >= 0.3 is 18.4 Å². The fourth-order valence-corrected chi connectivity index (χ4v) is 3.09. The Labute approximate surface area is 205 Å². The van der Waals surface area contributed by atoms with E-state index in [1.807, 2.05) is 12.1 Å². The molecule has 0 radical (unpaired) electrons. The molecule has 0 saturated heterocycles. The molecule has 0 atom stereocenters. The Balaban J connectivity index is 1.56. The number of ether oxygens (including phenoxy) is 1. The van der Waals surface area contributed by atoms with Crippen LogP contribution in [-0.4, -0.2) is 37.7 Å². The van der Waals surface area contributed by atoms with Gasteiger partial charge in [0.2, 0.25) is 11.9 Å². The molecule has 2 heterocycles. The average Bonchev–Trinajstić information content (AvgIpc) is 2.86. The van der Waals surface area contributed by atoms with Crippen LogP contribution in [0.3, 0.4) is 0 Å². The first-order valence-corrected chi connectivity index (χ1v) is 10.5. The fraction of sp³-hybridized carbons (Fsp3) is 0.174. The van der Waals surface area contributed by atoms with Gasteiger partial charge in [-0.1, -0.05) is 24.3 Å². The highest BCUT2D eigenvalue weighted by Crippen LogP contribution is 2.31. The van der Waals surface area contributed by atoms with E-state index in [1.54, 1.807) is 24.5 Å². The lowest BCUT2D eigenvalue weighted by Crippen LogP contribution is -2.21. The van der Waals surface area contributed by atoms with Crippen molar-refractivity contribution in [2.45, 2.75) is 18.9 Å². The topological polar surface area (TPSA) is 97.7 Å². The highest BCUT2D eigenvalue weighted by atomic mass is 19.4. The van der Waals surface area contributed by atoms with Crippen molar-refractivity contribution in [3.05, 3.63) is 78.4 Å². The number of rotatable bonds is 8. The predicted molar refractivity (Wildman–Crippen MR) is 121 cm³/mol. The molecule has 0 aliphatic carbocycles. The molecule has 2 aromatic heterocycles. The molecule has 37 heavy (non-hydrogen) atoms. The number of hydrogen-bond donors (Lipinski definition) is 2. The summed E-state index contributed by atoms with van der Waals surface area (Å²) in [5, 5.41) is 5.41. The van der Waals surface area contributed by atoms with E-state index in [1.165, 1.54) is 12.4 Å². The van der Waals surface area contributed by atoms with Gasteiger partial charge in [0.25, 0.3) is 0 Å². The number of nitrogens with zero attached hydrogens (tertiary/aromatic N) is 5. The zero-order valence-corrected chi connectivity index (χ0v) is 18.7. The second-order valence-corrected chi connectivity index (χ2v) is 7.55. The molecule has 0 bridgehead atoms. The van der Waals surface area contributed by atoms with Gasteiger partial charge in [-0.05, 0) is 35.4 Å². The summed E-state index contributed by atoms with van der Waals surface area (Å²) in [4.78, 5) is 19.6. The quantitative estimate of drug-likeness (QED) is 0.288. The summed E-state index contributed by atoms with van der Waals surface area (Å²) in [6.45, 7) is -1.51. The summed E-state index contributed by atoms with van der Waals surface area (Å²) in [6, 6.07) is 10.8. The predicted octanol–water partition coefficient (Wildman–Crippen LogP) is 5.64. The van der Waals surface area contributed by atoms with Gasteiger partial charge in [0.1, 0.15) is 6.33 Å². The maximum absolute atomic E-state index is 13.0. The third kappa shape index (κ3) is 7.49. The number of alkyl halides is 6. The van der Waals surface area contributed by atoms with Gasteiger partial charge in [-0.25, -0.2) is 9.97 Å². The van der Waals surface area contributed by atoms with Crippen molar-refractivity contribution < 1.29 is 31.1 Å². The van der Waals surface area contributed by atoms with Crippen LogP contribution in [-0.2, 0) is 12.7 Å². The van der Waals surface area contributed by atoms with Gasteiger partial charge in [0, 0.05) is 30.2 Å². The molecule has 0 amide bonds. The van der Waals surface area contributed by atoms with E-state index in [9.17, 15) is 26.3 Å². The fourth-order valence-electron chi connectivity index (χ4n) is 3.09. The molecule has 2 N–H and O–H groups in total. The molecule has 0 aliphatic rings. The first kappa shape index (κ1) is 25.6. The van der Waals surface area contributed by atoms with Crippen molar-refractivity contribution >= 4 is 17.6 Å². The third-order valence-electron chi connectivity index (χ3n) is 4.70. The number of anilines is 3. The lowest BCUT2D eigenvalue weighted by molar-refractivity contribution is -0.154. The van der Waals surface area contributed by atoms with Crippen LogP contribution in [0.5, 0.6) is 6.01 Å². The molecular formula is C23H17F6N7O. The molecule has 0 fully saturated rings. The van der Waals surface area contributed by atoms with E-state index in [0.29, 0.717) is 0 Å². The molecule has 0 saturated carbocycles. The van der Waals surface area contributed by atoms with Crippen molar-refractivity contribution in [1.82, 2.24) is 24.9 Å². The van der Waals surface area contributed by atoms with Crippen LogP contribution in [0, 0.1) is 0 Å². The second-order valence-electron chi connectivity index (χ2n) is 7.55. The zero-order chi connectivity index (χ0) is 26.5. The van der Waals surface area contributed by atoms with Crippen molar-refractivity contribution in [2.75, 3.05) is 17.2 Å². The van der Waals surface area contributed by atoms with E-state index >= 15 is 0 Å². The minimum absolute atomic E-state index is 0.0356. The Morgan fingerprint density at radius 1 is 0.784 bits per heavy atom. The van der Waals surface area contributed by atoms with Crippen LogP contribution >= 0.6 is 0 Å². The molecule has 0 spiro atoms. The summed E-state index contributed by atoms with van der Waals surface area (Å²) < 4.78 is 81.7. The maximum atomic E-state index is 13.0. The van der Waals surface area contributed by atoms with E-state index < -0.39 is 30.5 Å². The van der Waals surface area contributed by atoms with Gasteiger partial charge in [0.05, 0.1) is 5.56 Å². The Morgan fingerprint density at radius 2 is 1.51 bits per heavy atom. The number of nitrogens with one attached hydrogen (secondary N) is 2. The normalized spacial score (nSPS) is 11.7. The Morgan fingerprint density at radius 3 is 2.24 bits per heavy atom. The molecule has 8 nitrogen and oxygen atoms in total. The molecule has 2 aromatic carbocycles. The van der Waals surface area contributed by atoms with Gasteiger partial charge in [-0.3, -0.25) is 0 Å². The van der Waals surface area contributed by atoms with Crippen LogP contribution in [0.1, 0.15) is 11.1 Å². The van der Waals surface area contributed by atoms with Gasteiger partial charge < -0.3 is 15.4 Å². The van der Waals surface area contributed by atoms with Crippen LogP contribution in [0.2, 0.25) is 0 Å². The molecule has 4 aromatic rings. The van der Waals surface area contributed by atoms with Crippen molar-refractivity contribution in [3.63, 3.8) is 0 Å². The van der Waals surface area contributed by atoms with Crippen molar-refractivity contribution in [3.8, 4) is 17.1 Å². The SMILES string of the molecule is FC(F)(F)COc1nc(NCc2cccc(-c3cncnc3)c2)nc(Nc2cccc(C(F)(F)F)c2)n1. The maximum Gasteiger partial charge on any atom is 0.422 e. The average molecular weight is 521 g/mol. The summed E-state index contributed by atoms with van der Waals surface area (Å²) in [5.41, 5.74) is 1.41. The highest BCUT2D eigenvalue weighted by Gasteiger charge is 2.31. The Bertz CT molecular complexity index is 1350. The minimum Gasteiger partial charge on any atom is -0.454 e. The minimum atomic E-state index is -4.66. The smallest absolute Gasteiger partial charge is 0.422 e. The number of benzene rings is 2. The number of hydrogen-bond acceptors (Lipinski definition) is 8. The first-order valence-electron chi connectivity index (χ1n) is 10.5. The molecule has 192 valence electrons. The summed E-state index contributed by atoms with van der Waals surface area (Å²) in [7, 11) is 0. The monoisotopic (exact) mass is 521 g/mol. The molecule has 14 heteroatoms. The van der Waals surface area contributed by atoms with Crippen LogP contribution < -0.4 is 15.4 Å². The largest absolute Gasteiger partial charge is 0.454 e. The summed E-state index contributed by atoms with van der Waals surface area (Å²) in [6.07, 6.45) is -4.57. The first-order chi connectivity index (χ1) is 17.5. The van der Waals surface area contributed by atoms with E-state index in [-0.39, 0.29) is 24.1 Å². The standard InChI is InChI=1S/C23H17F6N7O/c24-22(25,26)12-37-21-35-19(32-9-14-3-1-4-15(7-14)16-10-30-13-31-11-16)34-20(36-21)33-18-6-2-5-17(8-18)23(27,28)29/h1-8,10-11,13H,9,12H2,(H2,32,33,34,35,36). The van der Waals surface area contributed by atoms with Crippen LogP contribution in [0.4, 0.5) is 43.9 Å². The molecule has 4 rings (SSSR count). The highest BCUT2D eigenvalue weighted by molar-refractivity contribution is 5.62. The molecular weight excluding hydrogens is 504 g/mol. The van der Waals surface area contributed by atoms with Crippen molar-refractivity contribution in [2.24, 2.45) is 0 Å². The van der Waals surface area contributed by atoms with Gasteiger partial charge in [0.15, 0.2) is 6.61 Å². The van der Waals surface area contributed by atoms with Gasteiger partial charge in [-0.2, -0.15) is 41.3 Å². The Kier molecular flexibility index (Phi) is 7.36. The summed E-state index contributed by atoms with van der Waals surface area (Å²) in [5.74, 6) is -0.473. The van der Waals surface area contributed by atoms with Crippen LogP contribution in [0.25, 0.3) is 11.1 Å². The number of aromatic nitrogens is 5. The molecule has 0 aliphatic heterocycles. The molecule has 0 unspecified atom stereocenters. The van der Waals surface area contributed by atoms with E-state index in [2.05, 4.69) is 40.3 Å². The van der Waals surface area contributed by atoms with Crippen LogP contribution in [0.15, 0.2) is 67.3 Å². The van der Waals surface area contributed by atoms with Gasteiger partial charge in [-0.15, -0.1) is 0 Å². The van der Waals surface area contributed by atoms with E-state index in [0.717, 1.165) is 34.9 Å². The Hall–Kier alpha value is -4.49. The lowest BCUT2D eigenvalue weighted by Gasteiger charge is -2.13. The zero-order valence-electron chi connectivity index (χ0n) is 18.7. The third-order valence-corrected chi connectivity index (χ3v) is 4.70. The second kappa shape index (κ2) is 10.6.